The maximum absolute atomic E-state index is 2.44. The zero-order chi connectivity index (χ0) is 20.1. The summed E-state index contributed by atoms with van der Waals surface area (Å²) >= 11 is 1.95. The fraction of sp³-hybridized carbons (Fsp3) is 0.357. The zero-order valence-corrected chi connectivity index (χ0v) is 18.8. The largest absolute Gasteiger partial charge is 0.135 e. The Kier molecular flexibility index (Phi) is 4.75. The van der Waals surface area contributed by atoms with Crippen LogP contribution in [0.5, 0.6) is 0 Å². The van der Waals surface area contributed by atoms with E-state index in [1.807, 2.05) is 11.3 Å². The number of rotatable bonds is 3. The molecule has 1 aliphatic carbocycles. The van der Waals surface area contributed by atoms with Crippen LogP contribution in [0.25, 0.3) is 31.3 Å². The van der Waals surface area contributed by atoms with Crippen molar-refractivity contribution in [3.05, 3.63) is 70.8 Å². The lowest BCUT2D eigenvalue weighted by Crippen LogP contribution is -2.09. The van der Waals surface area contributed by atoms with Crippen LogP contribution < -0.4 is 0 Å². The first-order chi connectivity index (χ1) is 14.0. The number of hydrogen-bond donors (Lipinski definition) is 0. The van der Waals surface area contributed by atoms with Crippen molar-refractivity contribution >= 4 is 31.5 Å². The van der Waals surface area contributed by atoms with E-state index in [9.17, 15) is 0 Å². The molecule has 0 fully saturated rings. The molecule has 1 heteroatoms. The van der Waals surface area contributed by atoms with Crippen molar-refractivity contribution in [2.75, 3.05) is 0 Å². The molecule has 4 aromatic rings. The molecule has 0 nitrogen and oxygen atoms in total. The molecule has 0 unspecified atom stereocenters. The molecule has 0 amide bonds. The van der Waals surface area contributed by atoms with Gasteiger partial charge < -0.3 is 0 Å². The molecule has 1 aromatic heterocycles. The fourth-order valence-corrected chi connectivity index (χ4v) is 6.22. The zero-order valence-electron chi connectivity index (χ0n) is 18.0. The summed E-state index contributed by atoms with van der Waals surface area (Å²) in [5.74, 6) is 1.18. The van der Waals surface area contributed by atoms with Gasteiger partial charge in [-0.1, -0.05) is 64.1 Å². The minimum absolute atomic E-state index is 0.575. The van der Waals surface area contributed by atoms with E-state index in [1.54, 1.807) is 16.7 Å². The standard InChI is InChI=1S/C28H30S/c1-17(2)19-9-11-25-26-12-10-20(16-28(26)29-27(25)15-19)22-14-13-21(18(3)4)23-7-5-6-8-24(22)23/h9-18H,5-8H2,1-4H3. The van der Waals surface area contributed by atoms with Crippen LogP contribution in [0.4, 0.5) is 0 Å². The van der Waals surface area contributed by atoms with Crippen LogP contribution in [-0.2, 0) is 12.8 Å². The van der Waals surface area contributed by atoms with Crippen molar-refractivity contribution in [2.45, 2.75) is 65.2 Å². The van der Waals surface area contributed by atoms with Gasteiger partial charge in [0.25, 0.3) is 0 Å². The number of hydrogen-bond acceptors (Lipinski definition) is 1. The van der Waals surface area contributed by atoms with Crippen LogP contribution in [0.15, 0.2) is 48.5 Å². The molecule has 29 heavy (non-hydrogen) atoms. The molecule has 5 rings (SSSR count). The molecule has 3 aromatic carbocycles. The van der Waals surface area contributed by atoms with Gasteiger partial charge in [-0.25, -0.2) is 0 Å². The van der Waals surface area contributed by atoms with Gasteiger partial charge in [-0.2, -0.15) is 0 Å². The minimum Gasteiger partial charge on any atom is -0.135 e. The Balaban J connectivity index is 1.67. The summed E-state index contributed by atoms with van der Waals surface area (Å²) in [6, 6.07) is 18.9. The van der Waals surface area contributed by atoms with Gasteiger partial charge in [-0.05, 0) is 83.0 Å². The van der Waals surface area contributed by atoms with Gasteiger partial charge in [0.05, 0.1) is 0 Å². The van der Waals surface area contributed by atoms with Gasteiger partial charge in [-0.3, -0.25) is 0 Å². The van der Waals surface area contributed by atoms with Crippen molar-refractivity contribution in [3.8, 4) is 11.1 Å². The predicted octanol–water partition coefficient (Wildman–Crippen LogP) is 8.85. The van der Waals surface area contributed by atoms with Crippen LogP contribution in [0, 0.1) is 0 Å². The number of benzene rings is 3. The second kappa shape index (κ2) is 7.29. The lowest BCUT2D eigenvalue weighted by Gasteiger charge is -2.24. The van der Waals surface area contributed by atoms with Gasteiger partial charge in [0.2, 0.25) is 0 Å². The highest BCUT2D eigenvalue weighted by molar-refractivity contribution is 7.25. The third kappa shape index (κ3) is 3.20. The SMILES string of the molecule is CC(C)c1ccc2c(c1)sc1cc(-c3ccc(C(C)C)c4c3CCCC4)ccc12. The van der Waals surface area contributed by atoms with Crippen molar-refractivity contribution in [1.29, 1.82) is 0 Å². The summed E-state index contributed by atoms with van der Waals surface area (Å²) in [7, 11) is 0. The van der Waals surface area contributed by atoms with E-state index in [-0.39, 0.29) is 0 Å². The monoisotopic (exact) mass is 398 g/mol. The molecule has 0 N–H and O–H groups in total. The first kappa shape index (κ1) is 18.9. The summed E-state index contributed by atoms with van der Waals surface area (Å²) in [4.78, 5) is 0. The lowest BCUT2D eigenvalue weighted by atomic mass is 9.80. The van der Waals surface area contributed by atoms with Crippen molar-refractivity contribution in [1.82, 2.24) is 0 Å². The molecule has 0 radical (unpaired) electrons. The second-order valence-electron chi connectivity index (χ2n) is 9.24. The van der Waals surface area contributed by atoms with Crippen LogP contribution in [0.2, 0.25) is 0 Å². The Morgan fingerprint density at radius 1 is 0.690 bits per heavy atom. The third-order valence-electron chi connectivity index (χ3n) is 6.67. The predicted molar refractivity (Wildman–Crippen MR) is 130 cm³/mol. The van der Waals surface area contributed by atoms with Crippen molar-refractivity contribution in [2.24, 2.45) is 0 Å². The van der Waals surface area contributed by atoms with Crippen LogP contribution >= 0.6 is 11.3 Å². The average molecular weight is 399 g/mol. The molecule has 1 aliphatic rings. The van der Waals surface area contributed by atoms with E-state index in [1.165, 1.54) is 62.5 Å². The van der Waals surface area contributed by atoms with Crippen LogP contribution in [0.3, 0.4) is 0 Å². The molecule has 1 heterocycles. The van der Waals surface area contributed by atoms with Gasteiger partial charge in [0.1, 0.15) is 0 Å². The average Bonchev–Trinajstić information content (AvgIpc) is 3.09. The van der Waals surface area contributed by atoms with Crippen molar-refractivity contribution < 1.29 is 0 Å². The van der Waals surface area contributed by atoms with Gasteiger partial charge in [0.15, 0.2) is 0 Å². The second-order valence-corrected chi connectivity index (χ2v) is 10.3. The fourth-order valence-electron chi connectivity index (χ4n) is 5.03. The molecule has 0 saturated carbocycles. The van der Waals surface area contributed by atoms with E-state index in [0.29, 0.717) is 11.8 Å². The highest BCUT2D eigenvalue weighted by atomic mass is 32.1. The summed E-state index contributed by atoms with van der Waals surface area (Å²) in [5, 5.41) is 2.80. The van der Waals surface area contributed by atoms with E-state index in [0.717, 1.165) is 0 Å². The Labute approximate surface area is 178 Å². The maximum Gasteiger partial charge on any atom is 0.0361 e. The molecule has 0 aliphatic heterocycles. The van der Waals surface area contributed by atoms with Gasteiger partial charge in [0, 0.05) is 20.2 Å². The van der Waals surface area contributed by atoms with E-state index in [4.69, 9.17) is 0 Å². The normalized spacial score (nSPS) is 14.3. The molecule has 0 spiro atoms. The quantitative estimate of drug-likeness (QED) is 0.323. The smallest absolute Gasteiger partial charge is 0.0361 e. The minimum atomic E-state index is 0.575. The molecular formula is C28H30S. The highest BCUT2D eigenvalue weighted by Gasteiger charge is 2.19. The highest BCUT2D eigenvalue weighted by Crippen LogP contribution is 2.40. The summed E-state index contributed by atoms with van der Waals surface area (Å²) in [5.41, 5.74) is 9.11. The molecule has 0 saturated heterocycles. The summed E-state index contributed by atoms with van der Waals surface area (Å²) < 4.78 is 2.83. The topological polar surface area (TPSA) is 0 Å². The van der Waals surface area contributed by atoms with Crippen molar-refractivity contribution in [3.63, 3.8) is 0 Å². The maximum atomic E-state index is 2.44. The Hall–Kier alpha value is -2.12. The Morgan fingerprint density at radius 2 is 1.38 bits per heavy atom. The molecular weight excluding hydrogens is 368 g/mol. The van der Waals surface area contributed by atoms with Crippen LogP contribution in [-0.4, -0.2) is 0 Å². The number of thiophene rings is 1. The molecule has 148 valence electrons. The summed E-state index contributed by atoms with van der Waals surface area (Å²) in [6.45, 7) is 9.21. The lowest BCUT2D eigenvalue weighted by molar-refractivity contribution is 0.672. The summed E-state index contributed by atoms with van der Waals surface area (Å²) in [6.07, 6.45) is 5.14. The number of fused-ring (bicyclic) bond motifs is 4. The van der Waals surface area contributed by atoms with Gasteiger partial charge in [-0.15, -0.1) is 11.3 Å². The molecule has 0 bridgehead atoms. The first-order valence-corrected chi connectivity index (χ1v) is 12.0. The Bertz CT molecular complexity index is 1210. The third-order valence-corrected chi connectivity index (χ3v) is 7.78. The van der Waals surface area contributed by atoms with E-state index in [2.05, 4.69) is 76.2 Å². The first-order valence-electron chi connectivity index (χ1n) is 11.1. The Morgan fingerprint density at radius 3 is 2.10 bits per heavy atom. The van der Waals surface area contributed by atoms with E-state index >= 15 is 0 Å². The van der Waals surface area contributed by atoms with Crippen LogP contribution in [0.1, 0.15) is 74.6 Å². The van der Waals surface area contributed by atoms with Gasteiger partial charge >= 0.3 is 0 Å². The molecule has 0 atom stereocenters. The van der Waals surface area contributed by atoms with E-state index < -0.39 is 0 Å².